The maximum absolute atomic E-state index is 4.57. The fourth-order valence-corrected chi connectivity index (χ4v) is 2.93. The number of hydrogen-bond donors (Lipinski definition) is 1. The van der Waals surface area contributed by atoms with Crippen molar-refractivity contribution in [3.63, 3.8) is 0 Å². The topological polar surface area (TPSA) is 47.7 Å². The average molecular weight is 340 g/mol. The van der Waals surface area contributed by atoms with Crippen LogP contribution in [0.1, 0.15) is 37.0 Å². The number of nitrogens with zero attached hydrogens (tertiary/aromatic N) is 4. The van der Waals surface area contributed by atoms with Gasteiger partial charge in [0, 0.05) is 26.2 Å². The minimum atomic E-state index is 0.241. The quantitative estimate of drug-likeness (QED) is 0.879. The number of likely N-dealkylation sites (N-methyl/N-ethyl adjacent to an activating group) is 1. The molecule has 20 heavy (non-hydrogen) atoms. The van der Waals surface area contributed by atoms with Gasteiger partial charge in [0.1, 0.15) is 0 Å². The van der Waals surface area contributed by atoms with Gasteiger partial charge in [-0.1, -0.05) is 6.92 Å². The fourth-order valence-electron chi connectivity index (χ4n) is 2.49. The molecule has 0 amide bonds. The Morgan fingerprint density at radius 1 is 1.40 bits per heavy atom. The predicted molar refractivity (Wildman–Crippen MR) is 83.7 cm³/mol. The molecule has 1 unspecified atom stereocenters. The van der Waals surface area contributed by atoms with Gasteiger partial charge in [0.25, 0.3) is 0 Å². The lowest BCUT2D eigenvalue weighted by Crippen LogP contribution is -2.26. The third kappa shape index (κ3) is 2.96. The summed E-state index contributed by atoms with van der Waals surface area (Å²) >= 11 is 3.67. The molecule has 0 spiro atoms. The Hall–Kier alpha value is -1.14. The highest BCUT2D eigenvalue weighted by atomic mass is 79.9. The largest absolute Gasteiger partial charge is 0.336 e. The van der Waals surface area contributed by atoms with Crippen LogP contribution >= 0.6 is 15.9 Å². The molecule has 0 saturated heterocycles. The van der Waals surface area contributed by atoms with Crippen molar-refractivity contribution in [2.45, 2.75) is 39.8 Å². The molecule has 2 heterocycles. The Balaban J connectivity index is 2.31. The molecule has 0 aliphatic carbocycles. The van der Waals surface area contributed by atoms with E-state index in [0.717, 1.165) is 29.7 Å². The van der Waals surface area contributed by atoms with Gasteiger partial charge in [-0.05, 0) is 36.3 Å². The number of aromatic nitrogens is 4. The molecule has 1 N–H and O–H groups in total. The molecule has 0 saturated carbocycles. The third-order valence-electron chi connectivity index (χ3n) is 3.51. The molecular weight excluding hydrogens is 318 g/mol. The number of nitrogens with one attached hydrogen (secondary N) is 1. The second-order valence-corrected chi connectivity index (χ2v) is 5.70. The van der Waals surface area contributed by atoms with E-state index in [4.69, 9.17) is 0 Å². The van der Waals surface area contributed by atoms with Gasteiger partial charge in [0.15, 0.2) is 0 Å². The minimum Gasteiger partial charge on any atom is -0.336 e. The van der Waals surface area contributed by atoms with Crippen molar-refractivity contribution in [2.75, 3.05) is 6.54 Å². The van der Waals surface area contributed by atoms with Crippen LogP contribution < -0.4 is 5.32 Å². The molecule has 0 radical (unpaired) electrons. The van der Waals surface area contributed by atoms with Crippen molar-refractivity contribution >= 4 is 15.9 Å². The van der Waals surface area contributed by atoms with Crippen LogP contribution in [0, 0.1) is 6.92 Å². The standard InChI is InChI=1S/C14H22BrN5/c1-5-17-11(13-8-16-9-19(13)4)7-12-14(15)10(3)18-20(12)6-2/h8-9,11,17H,5-7H2,1-4H3. The molecular formula is C14H22BrN5. The Kier molecular flexibility index (Phi) is 4.99. The summed E-state index contributed by atoms with van der Waals surface area (Å²) in [6, 6.07) is 0.241. The van der Waals surface area contributed by atoms with Crippen LogP contribution in [0.4, 0.5) is 0 Å². The van der Waals surface area contributed by atoms with Crippen molar-refractivity contribution in [2.24, 2.45) is 7.05 Å². The molecule has 0 aliphatic rings. The van der Waals surface area contributed by atoms with E-state index in [9.17, 15) is 0 Å². The van der Waals surface area contributed by atoms with Crippen LogP contribution in [0.3, 0.4) is 0 Å². The summed E-state index contributed by atoms with van der Waals surface area (Å²) in [5.74, 6) is 0. The number of halogens is 1. The maximum atomic E-state index is 4.57. The van der Waals surface area contributed by atoms with Crippen molar-refractivity contribution in [1.82, 2.24) is 24.6 Å². The van der Waals surface area contributed by atoms with Crippen molar-refractivity contribution in [1.29, 1.82) is 0 Å². The van der Waals surface area contributed by atoms with Gasteiger partial charge in [-0.3, -0.25) is 4.68 Å². The first-order chi connectivity index (χ1) is 9.58. The predicted octanol–water partition coefficient (Wildman–Crippen LogP) is 2.60. The molecule has 0 fully saturated rings. The lowest BCUT2D eigenvalue weighted by Gasteiger charge is -2.19. The van der Waals surface area contributed by atoms with E-state index >= 15 is 0 Å². The van der Waals surface area contributed by atoms with Crippen LogP contribution in [0.25, 0.3) is 0 Å². The Bertz CT molecular complexity index is 572. The van der Waals surface area contributed by atoms with Gasteiger partial charge in [-0.15, -0.1) is 0 Å². The second-order valence-electron chi connectivity index (χ2n) is 4.91. The molecule has 0 aliphatic heterocycles. The molecule has 0 aromatic carbocycles. The van der Waals surface area contributed by atoms with Gasteiger partial charge in [0.05, 0.1) is 33.9 Å². The van der Waals surface area contributed by atoms with Crippen molar-refractivity contribution in [3.8, 4) is 0 Å². The average Bonchev–Trinajstić information content (AvgIpc) is 2.96. The summed E-state index contributed by atoms with van der Waals surface area (Å²) in [6.45, 7) is 8.08. The van der Waals surface area contributed by atoms with Crippen LogP contribution in [0.15, 0.2) is 17.0 Å². The highest BCUT2D eigenvalue weighted by molar-refractivity contribution is 9.10. The first-order valence-corrected chi connectivity index (χ1v) is 7.79. The summed E-state index contributed by atoms with van der Waals surface area (Å²) in [5, 5.41) is 8.10. The van der Waals surface area contributed by atoms with Crippen LogP contribution in [0.5, 0.6) is 0 Å². The summed E-state index contributed by atoms with van der Waals surface area (Å²) in [6.07, 6.45) is 4.67. The summed E-state index contributed by atoms with van der Waals surface area (Å²) in [4.78, 5) is 4.23. The third-order valence-corrected chi connectivity index (χ3v) is 4.54. The number of aryl methyl sites for hydroxylation is 3. The lowest BCUT2D eigenvalue weighted by atomic mass is 10.1. The normalized spacial score (nSPS) is 12.8. The summed E-state index contributed by atoms with van der Waals surface area (Å²) < 4.78 is 5.25. The SMILES string of the molecule is CCNC(Cc1c(Br)c(C)nn1CC)c1cncn1C. The molecule has 6 heteroatoms. The summed E-state index contributed by atoms with van der Waals surface area (Å²) in [7, 11) is 2.03. The first kappa shape index (κ1) is 15.3. The molecule has 0 bridgehead atoms. The van der Waals surface area contributed by atoms with Gasteiger partial charge in [-0.2, -0.15) is 5.10 Å². The van der Waals surface area contributed by atoms with Crippen LogP contribution in [-0.2, 0) is 20.0 Å². The van der Waals surface area contributed by atoms with E-state index in [2.05, 4.69) is 54.4 Å². The Morgan fingerprint density at radius 2 is 2.15 bits per heavy atom. The van der Waals surface area contributed by atoms with Crippen molar-refractivity contribution < 1.29 is 0 Å². The molecule has 1 atom stereocenters. The van der Waals surface area contributed by atoms with E-state index < -0.39 is 0 Å². The van der Waals surface area contributed by atoms with Crippen LogP contribution in [-0.4, -0.2) is 25.9 Å². The zero-order valence-electron chi connectivity index (χ0n) is 12.5. The zero-order chi connectivity index (χ0) is 14.7. The Labute approximate surface area is 128 Å². The van der Waals surface area contributed by atoms with E-state index in [-0.39, 0.29) is 6.04 Å². The van der Waals surface area contributed by atoms with Gasteiger partial charge in [-0.25, -0.2) is 4.98 Å². The number of rotatable bonds is 6. The highest BCUT2D eigenvalue weighted by Gasteiger charge is 2.20. The van der Waals surface area contributed by atoms with E-state index in [1.165, 1.54) is 11.4 Å². The molecule has 2 aromatic heterocycles. The second kappa shape index (κ2) is 6.54. The van der Waals surface area contributed by atoms with Gasteiger partial charge in [0.2, 0.25) is 0 Å². The van der Waals surface area contributed by atoms with Crippen LogP contribution in [0.2, 0.25) is 0 Å². The number of hydrogen-bond acceptors (Lipinski definition) is 3. The summed E-state index contributed by atoms with van der Waals surface area (Å²) in [5.41, 5.74) is 3.47. The zero-order valence-corrected chi connectivity index (χ0v) is 14.1. The number of imidazole rings is 1. The smallest absolute Gasteiger partial charge is 0.0946 e. The minimum absolute atomic E-state index is 0.241. The maximum Gasteiger partial charge on any atom is 0.0946 e. The van der Waals surface area contributed by atoms with Gasteiger partial charge < -0.3 is 9.88 Å². The first-order valence-electron chi connectivity index (χ1n) is 6.99. The van der Waals surface area contributed by atoms with Crippen molar-refractivity contribution in [3.05, 3.63) is 34.1 Å². The van der Waals surface area contributed by atoms with E-state index in [1.54, 1.807) is 0 Å². The van der Waals surface area contributed by atoms with Gasteiger partial charge >= 0.3 is 0 Å². The molecule has 2 rings (SSSR count). The highest BCUT2D eigenvalue weighted by Crippen LogP contribution is 2.26. The van der Waals surface area contributed by atoms with E-state index in [1.807, 2.05) is 26.5 Å². The molecule has 5 nitrogen and oxygen atoms in total. The molecule has 2 aromatic rings. The lowest BCUT2D eigenvalue weighted by molar-refractivity contribution is 0.494. The van der Waals surface area contributed by atoms with E-state index in [0.29, 0.717) is 0 Å². The Morgan fingerprint density at radius 3 is 2.70 bits per heavy atom. The monoisotopic (exact) mass is 339 g/mol. The molecule has 110 valence electrons. The fraction of sp³-hybridized carbons (Fsp3) is 0.571.